The summed E-state index contributed by atoms with van der Waals surface area (Å²) in [5, 5.41) is 23.1. The number of likely N-dealkylation sites (tertiary alicyclic amines) is 1. The third-order valence-corrected chi connectivity index (χ3v) is 9.07. The minimum absolute atomic E-state index is 0.212. The highest BCUT2D eigenvalue weighted by Gasteiger charge is 2.28. The van der Waals surface area contributed by atoms with Gasteiger partial charge in [-0.15, -0.1) is 6.58 Å². The monoisotopic (exact) mass is 641 g/mol. The smallest absolute Gasteiger partial charge is 0.304 e. The van der Waals surface area contributed by atoms with Crippen LogP contribution in [-0.4, -0.2) is 102 Å². The van der Waals surface area contributed by atoms with Gasteiger partial charge in [0.2, 0.25) is 5.95 Å². The van der Waals surface area contributed by atoms with E-state index in [2.05, 4.69) is 48.7 Å². The van der Waals surface area contributed by atoms with Crippen molar-refractivity contribution in [1.29, 1.82) is 0 Å². The summed E-state index contributed by atoms with van der Waals surface area (Å²) in [6, 6.07) is 14.1. The number of carboxylic acids is 1. The van der Waals surface area contributed by atoms with Crippen LogP contribution in [0.25, 0.3) is 16.9 Å². The van der Waals surface area contributed by atoms with Crippen LogP contribution >= 0.6 is 0 Å². The summed E-state index contributed by atoms with van der Waals surface area (Å²) in [6.45, 7) is 13.9. The van der Waals surface area contributed by atoms with E-state index in [-0.39, 0.29) is 18.5 Å². The number of allylic oxidation sites excluding steroid dienone is 1. The molecule has 0 radical (unpaired) electrons. The van der Waals surface area contributed by atoms with Crippen LogP contribution in [0.3, 0.4) is 0 Å². The van der Waals surface area contributed by atoms with Gasteiger partial charge in [-0.1, -0.05) is 12.1 Å². The van der Waals surface area contributed by atoms with E-state index >= 15 is 0 Å². The van der Waals surface area contributed by atoms with E-state index in [0.717, 1.165) is 63.5 Å². The maximum absolute atomic E-state index is 13.3. The molecule has 0 amide bonds. The van der Waals surface area contributed by atoms with Crippen LogP contribution in [0, 0.1) is 0 Å². The number of aliphatic carboxylic acids is 1. The van der Waals surface area contributed by atoms with Gasteiger partial charge in [-0.3, -0.25) is 14.5 Å². The molecule has 0 spiro atoms. The van der Waals surface area contributed by atoms with Crippen molar-refractivity contribution in [2.24, 2.45) is 0 Å². The second-order valence-corrected chi connectivity index (χ2v) is 12.8. The van der Waals surface area contributed by atoms with Crippen LogP contribution < -0.4 is 15.8 Å². The first-order chi connectivity index (χ1) is 22.6. The van der Waals surface area contributed by atoms with Crippen LogP contribution in [0.2, 0.25) is 0 Å². The van der Waals surface area contributed by atoms with Gasteiger partial charge in [0.25, 0.3) is 5.56 Å². The number of nitrogens with one attached hydrogen (secondary N) is 1. The van der Waals surface area contributed by atoms with Gasteiger partial charge in [-0.2, -0.15) is 4.98 Å². The van der Waals surface area contributed by atoms with E-state index < -0.39 is 11.6 Å². The average Bonchev–Trinajstić information content (AvgIpc) is 3.34. The van der Waals surface area contributed by atoms with Crippen LogP contribution in [0.4, 0.5) is 17.3 Å². The maximum atomic E-state index is 13.3. The van der Waals surface area contributed by atoms with Gasteiger partial charge < -0.3 is 25.3 Å². The number of nitrogens with zero attached hydrogens (tertiary/aromatic N) is 8. The predicted molar refractivity (Wildman–Crippen MR) is 182 cm³/mol. The third kappa shape index (κ3) is 7.22. The Bertz CT molecular complexity index is 1780. The highest BCUT2D eigenvalue weighted by molar-refractivity contribution is 5.77. The van der Waals surface area contributed by atoms with E-state index in [0.29, 0.717) is 41.1 Å². The molecule has 13 nitrogen and oxygen atoms in total. The molecule has 248 valence electrons. The first kappa shape index (κ1) is 32.4. The summed E-state index contributed by atoms with van der Waals surface area (Å²) in [4.78, 5) is 45.3. The van der Waals surface area contributed by atoms with E-state index in [4.69, 9.17) is 10.1 Å². The highest BCUT2D eigenvalue weighted by atomic mass is 16.4. The lowest BCUT2D eigenvalue weighted by Crippen LogP contribution is -2.53. The molecule has 0 bridgehead atoms. The molecule has 4 aromatic rings. The quantitative estimate of drug-likeness (QED) is 0.208. The van der Waals surface area contributed by atoms with E-state index in [1.807, 2.05) is 12.1 Å². The molecule has 0 saturated carbocycles. The van der Waals surface area contributed by atoms with Crippen molar-refractivity contribution in [1.82, 2.24) is 34.1 Å². The number of benzene rings is 1. The molecule has 2 aliphatic rings. The first-order valence-corrected chi connectivity index (χ1v) is 16.2. The lowest BCUT2D eigenvalue weighted by Gasteiger charge is -2.43. The Morgan fingerprint density at radius 1 is 1.04 bits per heavy atom. The number of hydrogen-bond acceptors (Lipinski definition) is 10. The van der Waals surface area contributed by atoms with Crippen LogP contribution in [0.1, 0.15) is 38.8 Å². The Morgan fingerprint density at radius 3 is 2.43 bits per heavy atom. The Labute approximate surface area is 273 Å². The molecule has 0 aliphatic carbocycles. The number of aliphatic hydroxyl groups is 1. The van der Waals surface area contributed by atoms with Crippen molar-refractivity contribution in [3.63, 3.8) is 0 Å². The zero-order valence-corrected chi connectivity index (χ0v) is 27.0. The number of piperidine rings is 1. The number of aromatic nitrogens is 5. The molecule has 47 heavy (non-hydrogen) atoms. The Kier molecular flexibility index (Phi) is 9.39. The first-order valence-electron chi connectivity index (χ1n) is 16.2. The molecule has 13 heteroatoms. The minimum Gasteiger partial charge on any atom is -0.481 e. The maximum Gasteiger partial charge on any atom is 0.304 e. The molecule has 2 fully saturated rings. The summed E-state index contributed by atoms with van der Waals surface area (Å²) in [6.07, 6.45) is 5.56. The van der Waals surface area contributed by atoms with Crippen molar-refractivity contribution >= 4 is 34.3 Å². The molecule has 2 aliphatic heterocycles. The van der Waals surface area contributed by atoms with E-state index in [1.165, 1.54) is 10.9 Å². The molecule has 6 rings (SSSR count). The fraction of sp³-hybridized carbons (Fsp3) is 0.441. The van der Waals surface area contributed by atoms with Gasteiger partial charge in [-0.05, 0) is 76.2 Å². The standard InChI is InChI=1S/C34H43N9O4/c1-4-15-42-32(46)27-23-35-33(38-31(27)43(42)29-7-5-6-28(37-29)34(2,3)47)36-24-8-10-25(11-9-24)40-19-21-41(22-20-40)26-12-16-39(17-13-26)18-14-30(44)45/h4-11,23,26,47H,1,12-22H2,2-3H3,(H,44,45)(H,35,36,38). The predicted octanol–water partition coefficient (Wildman–Crippen LogP) is 3.20. The van der Waals surface area contributed by atoms with E-state index in [9.17, 15) is 14.7 Å². The van der Waals surface area contributed by atoms with Gasteiger partial charge >= 0.3 is 5.97 Å². The van der Waals surface area contributed by atoms with Crippen LogP contribution in [0.15, 0.2) is 66.1 Å². The molecular weight excluding hydrogens is 598 g/mol. The van der Waals surface area contributed by atoms with Gasteiger partial charge in [-0.25, -0.2) is 19.3 Å². The normalized spacial score (nSPS) is 16.9. The Hall–Kier alpha value is -4.59. The minimum atomic E-state index is -1.16. The number of anilines is 3. The molecular formula is C34H43N9O4. The van der Waals surface area contributed by atoms with Crippen molar-refractivity contribution in [3.05, 3.63) is 77.4 Å². The number of carboxylic acid groups (broad SMARTS) is 1. The topological polar surface area (TPSA) is 145 Å². The summed E-state index contributed by atoms with van der Waals surface area (Å²) in [5.74, 6) is 0.0675. The van der Waals surface area contributed by atoms with Gasteiger partial charge in [0.15, 0.2) is 11.5 Å². The molecule has 3 aromatic heterocycles. The van der Waals surface area contributed by atoms with Gasteiger partial charge in [0.05, 0.1) is 18.7 Å². The van der Waals surface area contributed by atoms with Crippen LogP contribution in [0.5, 0.6) is 0 Å². The number of piperazine rings is 1. The lowest BCUT2D eigenvalue weighted by molar-refractivity contribution is -0.137. The third-order valence-electron chi connectivity index (χ3n) is 9.07. The largest absolute Gasteiger partial charge is 0.481 e. The molecule has 0 atom stereocenters. The Balaban J connectivity index is 1.12. The molecule has 3 N–H and O–H groups in total. The second kappa shape index (κ2) is 13.6. The van der Waals surface area contributed by atoms with Crippen LogP contribution in [-0.2, 0) is 16.9 Å². The summed E-state index contributed by atoms with van der Waals surface area (Å²) < 4.78 is 3.15. The van der Waals surface area contributed by atoms with Gasteiger partial charge in [0.1, 0.15) is 11.0 Å². The molecule has 5 heterocycles. The van der Waals surface area contributed by atoms with E-state index in [1.54, 1.807) is 42.8 Å². The van der Waals surface area contributed by atoms with Gasteiger partial charge in [0, 0.05) is 56.3 Å². The Morgan fingerprint density at radius 2 is 1.77 bits per heavy atom. The number of carbonyl (C=O) groups is 1. The number of fused-ring (bicyclic) bond motifs is 1. The average molecular weight is 642 g/mol. The molecule has 0 unspecified atom stereocenters. The summed E-state index contributed by atoms with van der Waals surface area (Å²) in [5.41, 5.74) is 1.43. The zero-order chi connectivity index (χ0) is 33.1. The summed E-state index contributed by atoms with van der Waals surface area (Å²) in [7, 11) is 0. The number of pyridine rings is 1. The SMILES string of the molecule is C=CCn1c(=O)c2cnc(Nc3ccc(N4CCN(C5CCN(CCC(=O)O)CC5)CC4)cc3)nc2n1-c1cccc(C(C)(C)O)n1. The zero-order valence-electron chi connectivity index (χ0n) is 27.0. The highest BCUT2D eigenvalue weighted by Crippen LogP contribution is 2.25. The van der Waals surface area contributed by atoms with Crippen molar-refractivity contribution in [3.8, 4) is 5.82 Å². The second-order valence-electron chi connectivity index (χ2n) is 12.8. The summed E-state index contributed by atoms with van der Waals surface area (Å²) >= 11 is 0. The van der Waals surface area contributed by atoms with Crippen molar-refractivity contribution in [2.45, 2.75) is 51.3 Å². The lowest BCUT2D eigenvalue weighted by atomic mass is 10.0. The molecule has 2 saturated heterocycles. The van der Waals surface area contributed by atoms with Crippen molar-refractivity contribution in [2.75, 3.05) is 56.0 Å². The number of hydrogen-bond donors (Lipinski definition) is 3. The fourth-order valence-corrected chi connectivity index (χ4v) is 6.48. The number of rotatable bonds is 11. The fourth-order valence-electron chi connectivity index (χ4n) is 6.48. The molecule has 1 aromatic carbocycles. The van der Waals surface area contributed by atoms with Crippen molar-refractivity contribution < 1.29 is 15.0 Å².